The molecular weight excluding hydrogens is 216 g/mol. The summed E-state index contributed by atoms with van der Waals surface area (Å²) in [6.07, 6.45) is 5.47. The van der Waals surface area contributed by atoms with E-state index in [1.165, 1.54) is 0 Å². The average Bonchev–Trinajstić information content (AvgIpc) is 2.96. The molecule has 0 saturated heterocycles. The van der Waals surface area contributed by atoms with Crippen LogP contribution < -0.4 is 5.32 Å². The van der Waals surface area contributed by atoms with Gasteiger partial charge in [-0.15, -0.1) is 0 Å². The molecule has 0 aliphatic heterocycles. The second-order valence-electron chi connectivity index (χ2n) is 3.71. The van der Waals surface area contributed by atoms with E-state index in [0.717, 1.165) is 24.2 Å². The molecule has 0 saturated carbocycles. The van der Waals surface area contributed by atoms with Crippen LogP contribution in [0.4, 0.5) is 6.01 Å². The molecule has 0 bridgehead atoms. The van der Waals surface area contributed by atoms with Crippen molar-refractivity contribution in [2.24, 2.45) is 0 Å². The highest BCUT2D eigenvalue weighted by atomic mass is 16.4. The molecule has 0 amide bonds. The third kappa shape index (κ3) is 2.13. The number of nitrogens with zero attached hydrogens (tertiary/aromatic N) is 3. The Morgan fingerprint density at radius 3 is 3.06 bits per heavy atom. The molecule has 17 heavy (non-hydrogen) atoms. The fourth-order valence-corrected chi connectivity index (χ4v) is 1.66. The Morgan fingerprint density at radius 2 is 2.24 bits per heavy atom. The van der Waals surface area contributed by atoms with Gasteiger partial charge in [0.15, 0.2) is 5.58 Å². The first-order chi connectivity index (χ1) is 8.42. The van der Waals surface area contributed by atoms with Gasteiger partial charge in [-0.05, 0) is 12.1 Å². The first-order valence-corrected chi connectivity index (χ1v) is 5.47. The van der Waals surface area contributed by atoms with Crippen molar-refractivity contribution in [3.63, 3.8) is 0 Å². The smallest absolute Gasteiger partial charge is 0.295 e. The van der Waals surface area contributed by atoms with Gasteiger partial charge in [0.25, 0.3) is 6.01 Å². The molecule has 5 heteroatoms. The number of hydrogen-bond acceptors (Lipinski definition) is 4. The van der Waals surface area contributed by atoms with Gasteiger partial charge in [-0.1, -0.05) is 12.1 Å². The van der Waals surface area contributed by atoms with Crippen LogP contribution in [-0.2, 0) is 6.54 Å². The Labute approximate surface area is 98.1 Å². The number of oxazole rings is 1. The lowest BCUT2D eigenvalue weighted by Gasteiger charge is -2.01. The Hall–Kier alpha value is -2.30. The van der Waals surface area contributed by atoms with Crippen molar-refractivity contribution in [1.82, 2.24) is 14.5 Å². The summed E-state index contributed by atoms with van der Waals surface area (Å²) in [5.41, 5.74) is 1.68. The van der Waals surface area contributed by atoms with Gasteiger partial charge < -0.3 is 14.3 Å². The van der Waals surface area contributed by atoms with E-state index in [1.807, 2.05) is 35.0 Å². The zero-order valence-corrected chi connectivity index (χ0v) is 9.21. The Balaban J connectivity index is 1.65. The van der Waals surface area contributed by atoms with Crippen molar-refractivity contribution in [2.75, 3.05) is 11.9 Å². The predicted molar refractivity (Wildman–Crippen MR) is 64.7 cm³/mol. The highest BCUT2D eigenvalue weighted by Gasteiger charge is 2.03. The van der Waals surface area contributed by atoms with Gasteiger partial charge in [0, 0.05) is 25.5 Å². The third-order valence-electron chi connectivity index (χ3n) is 2.50. The minimum atomic E-state index is 0.561. The van der Waals surface area contributed by atoms with Crippen molar-refractivity contribution >= 4 is 17.1 Å². The van der Waals surface area contributed by atoms with Crippen LogP contribution >= 0.6 is 0 Å². The molecule has 0 unspecified atom stereocenters. The van der Waals surface area contributed by atoms with Gasteiger partial charge >= 0.3 is 0 Å². The maximum atomic E-state index is 5.54. The summed E-state index contributed by atoms with van der Waals surface area (Å²) in [7, 11) is 0. The van der Waals surface area contributed by atoms with Crippen LogP contribution in [0.5, 0.6) is 0 Å². The van der Waals surface area contributed by atoms with Gasteiger partial charge in [0.05, 0.1) is 6.33 Å². The number of fused-ring (bicyclic) bond motifs is 1. The van der Waals surface area contributed by atoms with E-state index in [1.54, 1.807) is 12.5 Å². The van der Waals surface area contributed by atoms with E-state index in [-0.39, 0.29) is 0 Å². The van der Waals surface area contributed by atoms with Gasteiger partial charge in [-0.3, -0.25) is 0 Å². The van der Waals surface area contributed by atoms with E-state index >= 15 is 0 Å². The lowest BCUT2D eigenvalue weighted by Crippen LogP contribution is -2.09. The largest absolute Gasteiger partial charge is 0.424 e. The van der Waals surface area contributed by atoms with Crippen molar-refractivity contribution in [1.29, 1.82) is 0 Å². The van der Waals surface area contributed by atoms with Crippen LogP contribution in [0.1, 0.15) is 0 Å². The second kappa shape index (κ2) is 4.29. The molecule has 0 aliphatic rings. The van der Waals surface area contributed by atoms with Crippen molar-refractivity contribution in [3.8, 4) is 0 Å². The number of hydrogen-bond donors (Lipinski definition) is 1. The van der Waals surface area contributed by atoms with Crippen LogP contribution in [0.25, 0.3) is 11.1 Å². The average molecular weight is 228 g/mol. The highest BCUT2D eigenvalue weighted by Crippen LogP contribution is 2.17. The van der Waals surface area contributed by atoms with E-state index in [2.05, 4.69) is 15.3 Å². The lowest BCUT2D eigenvalue weighted by molar-refractivity contribution is 0.606. The summed E-state index contributed by atoms with van der Waals surface area (Å²) in [4.78, 5) is 8.31. The van der Waals surface area contributed by atoms with E-state index in [4.69, 9.17) is 4.42 Å². The zero-order chi connectivity index (χ0) is 11.5. The summed E-state index contributed by atoms with van der Waals surface area (Å²) >= 11 is 0. The molecular formula is C12H12N4O. The van der Waals surface area contributed by atoms with Crippen LogP contribution in [0.3, 0.4) is 0 Å². The lowest BCUT2D eigenvalue weighted by atomic mass is 10.3. The third-order valence-corrected chi connectivity index (χ3v) is 2.50. The molecule has 0 aliphatic carbocycles. The number of para-hydroxylation sites is 2. The Morgan fingerprint density at radius 1 is 1.29 bits per heavy atom. The van der Waals surface area contributed by atoms with Crippen LogP contribution in [0, 0.1) is 0 Å². The van der Waals surface area contributed by atoms with Crippen molar-refractivity contribution in [2.45, 2.75) is 6.54 Å². The quantitative estimate of drug-likeness (QED) is 0.743. The summed E-state index contributed by atoms with van der Waals surface area (Å²) in [6, 6.07) is 8.28. The van der Waals surface area contributed by atoms with E-state index < -0.39 is 0 Å². The topological polar surface area (TPSA) is 55.9 Å². The van der Waals surface area contributed by atoms with Crippen molar-refractivity contribution in [3.05, 3.63) is 43.0 Å². The maximum absolute atomic E-state index is 5.54. The van der Waals surface area contributed by atoms with Gasteiger partial charge in [-0.25, -0.2) is 4.98 Å². The number of aromatic nitrogens is 3. The molecule has 1 aromatic carbocycles. The molecule has 2 heterocycles. The number of nitrogens with one attached hydrogen (secondary N) is 1. The summed E-state index contributed by atoms with van der Waals surface area (Å²) in [5, 5.41) is 3.15. The SMILES string of the molecule is c1ccc2oc(NCCn3ccnc3)nc2c1. The van der Waals surface area contributed by atoms with Gasteiger partial charge in [0.2, 0.25) is 0 Å². The molecule has 3 aromatic rings. The van der Waals surface area contributed by atoms with Gasteiger partial charge in [0.1, 0.15) is 5.52 Å². The summed E-state index contributed by atoms with van der Waals surface area (Å²) < 4.78 is 7.54. The first-order valence-electron chi connectivity index (χ1n) is 5.47. The minimum Gasteiger partial charge on any atom is -0.424 e. The molecule has 0 radical (unpaired) electrons. The van der Waals surface area contributed by atoms with Crippen molar-refractivity contribution < 1.29 is 4.42 Å². The molecule has 2 aromatic heterocycles. The van der Waals surface area contributed by atoms with Crippen LogP contribution in [-0.4, -0.2) is 21.1 Å². The maximum Gasteiger partial charge on any atom is 0.295 e. The molecule has 1 N–H and O–H groups in total. The molecule has 3 rings (SSSR count). The molecule has 0 spiro atoms. The summed E-state index contributed by atoms with van der Waals surface area (Å²) in [6.45, 7) is 1.59. The number of benzene rings is 1. The normalized spacial score (nSPS) is 10.8. The van der Waals surface area contributed by atoms with E-state index in [0.29, 0.717) is 6.01 Å². The number of anilines is 1. The number of imidazole rings is 1. The Kier molecular flexibility index (Phi) is 2.50. The van der Waals surface area contributed by atoms with Gasteiger partial charge in [-0.2, -0.15) is 4.98 Å². The molecule has 86 valence electrons. The minimum absolute atomic E-state index is 0.561. The molecule has 0 fully saturated rings. The second-order valence-corrected chi connectivity index (χ2v) is 3.71. The van der Waals surface area contributed by atoms with Crippen LogP contribution in [0.2, 0.25) is 0 Å². The number of rotatable bonds is 4. The first kappa shape index (κ1) is 9.89. The monoisotopic (exact) mass is 228 g/mol. The standard InChI is InChI=1S/C12H12N4O/c1-2-4-11-10(3-1)15-12(17-11)14-6-8-16-7-5-13-9-16/h1-5,7,9H,6,8H2,(H,14,15). The predicted octanol–water partition coefficient (Wildman–Crippen LogP) is 2.14. The fraction of sp³-hybridized carbons (Fsp3) is 0.167. The fourth-order valence-electron chi connectivity index (χ4n) is 1.66. The van der Waals surface area contributed by atoms with E-state index in [9.17, 15) is 0 Å². The Bertz CT molecular complexity index is 567. The molecule has 5 nitrogen and oxygen atoms in total. The van der Waals surface area contributed by atoms with Crippen LogP contribution in [0.15, 0.2) is 47.4 Å². The molecule has 0 atom stereocenters. The highest BCUT2D eigenvalue weighted by molar-refractivity contribution is 5.74. The summed E-state index contributed by atoms with van der Waals surface area (Å²) in [5.74, 6) is 0. The zero-order valence-electron chi connectivity index (χ0n) is 9.21.